The van der Waals surface area contributed by atoms with Gasteiger partial charge >= 0.3 is 5.97 Å². The molecule has 0 fully saturated rings. The van der Waals surface area contributed by atoms with Gasteiger partial charge in [0, 0.05) is 5.69 Å². The van der Waals surface area contributed by atoms with E-state index in [-0.39, 0.29) is 22.9 Å². The number of ether oxygens (including phenoxy) is 1. The number of fused-ring (bicyclic) bond motifs is 1. The Morgan fingerprint density at radius 3 is 2.69 bits per heavy atom. The van der Waals surface area contributed by atoms with Crippen LogP contribution in [0, 0.1) is 13.8 Å². The first-order valence-corrected chi connectivity index (χ1v) is 8.87. The van der Waals surface area contributed by atoms with Crippen LogP contribution in [0.2, 0.25) is 0 Å². The van der Waals surface area contributed by atoms with Gasteiger partial charge in [-0.15, -0.1) is 0 Å². The molecule has 0 aliphatic carbocycles. The van der Waals surface area contributed by atoms with Gasteiger partial charge < -0.3 is 14.8 Å². The van der Waals surface area contributed by atoms with Gasteiger partial charge in [0.2, 0.25) is 0 Å². The average molecular weight is 370 g/mol. The number of para-hydroxylation sites is 2. The topological polar surface area (TPSA) is 101 Å². The first-order valence-electron chi connectivity index (χ1n) is 7.88. The van der Waals surface area contributed by atoms with Crippen LogP contribution in [-0.4, -0.2) is 43.9 Å². The van der Waals surface area contributed by atoms with Crippen LogP contribution in [0.15, 0.2) is 41.1 Å². The number of H-pyrrole nitrogens is 1. The molecule has 0 aliphatic heterocycles. The van der Waals surface area contributed by atoms with Gasteiger partial charge in [0.05, 0.1) is 23.9 Å². The predicted octanol–water partition coefficient (Wildman–Crippen LogP) is 3.20. The third-order valence-electron chi connectivity index (χ3n) is 3.60. The first kappa shape index (κ1) is 17.9. The van der Waals surface area contributed by atoms with E-state index in [0.29, 0.717) is 11.3 Å². The molecular formula is C18H18N4O3S. The molecule has 134 valence electrons. The van der Waals surface area contributed by atoms with Crippen molar-refractivity contribution in [2.45, 2.75) is 18.9 Å². The predicted molar refractivity (Wildman–Crippen MR) is 99.9 cm³/mol. The molecule has 0 saturated heterocycles. The smallest absolute Gasteiger partial charge is 0.345 e. The number of aliphatic hydroxyl groups excluding tert-OH is 1. The maximum atomic E-state index is 12.2. The van der Waals surface area contributed by atoms with E-state index in [1.807, 2.05) is 37.3 Å². The Balaban J connectivity index is 1.93. The van der Waals surface area contributed by atoms with Gasteiger partial charge in [-0.1, -0.05) is 23.9 Å². The summed E-state index contributed by atoms with van der Waals surface area (Å²) in [5.74, 6) is 0.289. The third-order valence-corrected chi connectivity index (χ3v) is 4.53. The summed E-state index contributed by atoms with van der Waals surface area (Å²) in [4.78, 5) is 28.2. The van der Waals surface area contributed by atoms with Crippen molar-refractivity contribution in [2.24, 2.45) is 0 Å². The van der Waals surface area contributed by atoms with Crippen LogP contribution in [0.3, 0.4) is 0 Å². The van der Waals surface area contributed by atoms with E-state index in [1.54, 1.807) is 6.92 Å². The second-order valence-electron chi connectivity index (χ2n) is 5.60. The normalized spacial score (nSPS) is 12.1. The summed E-state index contributed by atoms with van der Waals surface area (Å²) in [5.41, 5.74) is 2.32. The number of aromatic nitrogens is 4. The lowest BCUT2D eigenvalue weighted by Crippen LogP contribution is -2.10. The number of carbonyl (C=O) groups excluding carboxylic acids is 1. The Labute approximate surface area is 154 Å². The molecule has 8 heteroatoms. The molecule has 0 radical (unpaired) electrons. The van der Waals surface area contributed by atoms with Crippen LogP contribution in [0.5, 0.6) is 0 Å². The maximum absolute atomic E-state index is 12.2. The molecule has 0 atom stereocenters. The highest BCUT2D eigenvalue weighted by Gasteiger charge is 2.22. The van der Waals surface area contributed by atoms with Crippen molar-refractivity contribution >= 4 is 34.3 Å². The van der Waals surface area contributed by atoms with Crippen LogP contribution in [-0.2, 0) is 9.53 Å². The Morgan fingerprint density at radius 2 is 2.00 bits per heavy atom. The molecule has 2 N–H and O–H groups in total. The van der Waals surface area contributed by atoms with Crippen LogP contribution in [0.1, 0.15) is 17.3 Å². The Bertz CT molecular complexity index is 944. The average Bonchev–Trinajstić information content (AvgIpc) is 3.02. The molecule has 1 aromatic carbocycles. The zero-order valence-corrected chi connectivity index (χ0v) is 15.4. The van der Waals surface area contributed by atoms with Gasteiger partial charge in [-0.2, -0.15) is 0 Å². The number of methoxy groups -OCH3 is 1. The summed E-state index contributed by atoms with van der Waals surface area (Å²) in [6.45, 7) is 3.68. The molecule has 26 heavy (non-hydrogen) atoms. The molecule has 2 aromatic heterocycles. The lowest BCUT2D eigenvalue weighted by molar-refractivity contribution is -0.133. The van der Waals surface area contributed by atoms with E-state index in [9.17, 15) is 9.90 Å². The number of aryl methyl sites for hydroxylation is 2. The van der Waals surface area contributed by atoms with Gasteiger partial charge in [0.15, 0.2) is 0 Å². The molecule has 0 bridgehead atoms. The molecule has 0 unspecified atom stereocenters. The highest BCUT2D eigenvalue weighted by atomic mass is 32.2. The van der Waals surface area contributed by atoms with Crippen LogP contribution >= 0.6 is 11.8 Å². The fraction of sp³-hybridized carbons (Fsp3) is 0.222. The third kappa shape index (κ3) is 3.85. The highest BCUT2D eigenvalue weighted by Crippen LogP contribution is 2.25. The summed E-state index contributed by atoms with van der Waals surface area (Å²) in [5, 5.41) is 11.3. The van der Waals surface area contributed by atoms with E-state index in [0.717, 1.165) is 16.2 Å². The molecule has 7 nitrogen and oxygen atoms in total. The van der Waals surface area contributed by atoms with E-state index in [1.165, 1.54) is 18.9 Å². The maximum Gasteiger partial charge on any atom is 0.345 e. The van der Waals surface area contributed by atoms with Crippen molar-refractivity contribution in [3.63, 3.8) is 0 Å². The zero-order valence-electron chi connectivity index (χ0n) is 14.6. The van der Waals surface area contributed by atoms with E-state index in [2.05, 4.69) is 19.9 Å². The molecular weight excluding hydrogens is 352 g/mol. The number of thioether (sulfide) groups is 1. The largest absolute Gasteiger partial charge is 0.510 e. The van der Waals surface area contributed by atoms with Crippen molar-refractivity contribution in [1.82, 2.24) is 19.9 Å². The summed E-state index contributed by atoms with van der Waals surface area (Å²) in [6, 6.07) is 9.21. The summed E-state index contributed by atoms with van der Waals surface area (Å²) in [6.07, 6.45) is 0. The lowest BCUT2D eigenvalue weighted by Gasteiger charge is -2.07. The number of aliphatic hydroxyl groups is 1. The fourth-order valence-electron chi connectivity index (χ4n) is 2.50. The second kappa shape index (κ2) is 7.57. The first-order chi connectivity index (χ1) is 12.5. The summed E-state index contributed by atoms with van der Waals surface area (Å²) in [7, 11) is 1.27. The van der Waals surface area contributed by atoms with Gasteiger partial charge in [0.25, 0.3) is 0 Å². The van der Waals surface area contributed by atoms with Gasteiger partial charge in [-0.25, -0.2) is 19.7 Å². The quantitative estimate of drug-likeness (QED) is 0.234. The van der Waals surface area contributed by atoms with Crippen molar-refractivity contribution in [1.29, 1.82) is 0 Å². The molecule has 0 spiro atoms. The zero-order chi connectivity index (χ0) is 18.7. The number of benzene rings is 1. The van der Waals surface area contributed by atoms with Gasteiger partial charge in [0.1, 0.15) is 28.0 Å². The molecule has 0 aliphatic rings. The van der Waals surface area contributed by atoms with Crippen LogP contribution in [0.4, 0.5) is 0 Å². The lowest BCUT2D eigenvalue weighted by atomic mass is 10.2. The minimum Gasteiger partial charge on any atom is -0.510 e. The number of carbonyl (C=O) groups is 1. The number of aromatic amines is 1. The van der Waals surface area contributed by atoms with E-state index in [4.69, 9.17) is 4.74 Å². The molecule has 2 heterocycles. The second-order valence-corrected chi connectivity index (χ2v) is 6.59. The van der Waals surface area contributed by atoms with Crippen molar-refractivity contribution in [3.05, 3.63) is 53.4 Å². The highest BCUT2D eigenvalue weighted by molar-refractivity contribution is 7.99. The van der Waals surface area contributed by atoms with Crippen LogP contribution in [0.25, 0.3) is 16.6 Å². The number of rotatable bonds is 5. The number of nitrogens with one attached hydrogen (secondary N) is 1. The summed E-state index contributed by atoms with van der Waals surface area (Å²) >= 11 is 1.31. The SMILES string of the molecule is COC(=O)/C(=C(/O)CSc1cc(C)nc(C)n1)c1nc2ccccc2[nH]1. The monoisotopic (exact) mass is 370 g/mol. The standard InChI is InChI=1S/C18H18N4O3S/c1-10-8-15(20-11(2)19-10)26-9-14(23)16(18(24)25-3)17-21-12-6-4-5-7-13(12)22-17/h4-8,23H,9H2,1-3H3,(H,21,22)/b16-14+. The number of hydrogen-bond donors (Lipinski definition) is 2. The summed E-state index contributed by atoms with van der Waals surface area (Å²) < 4.78 is 4.82. The van der Waals surface area contributed by atoms with Gasteiger partial charge in [-0.3, -0.25) is 0 Å². The van der Waals surface area contributed by atoms with Gasteiger partial charge in [-0.05, 0) is 32.0 Å². The Morgan fingerprint density at radius 1 is 1.23 bits per heavy atom. The Kier molecular flexibility index (Phi) is 5.22. The minimum atomic E-state index is -0.655. The van der Waals surface area contributed by atoms with Crippen molar-refractivity contribution in [2.75, 3.05) is 12.9 Å². The van der Waals surface area contributed by atoms with Crippen molar-refractivity contribution in [3.8, 4) is 0 Å². The van der Waals surface area contributed by atoms with Crippen LogP contribution < -0.4 is 0 Å². The Hall–Kier alpha value is -2.87. The molecule has 3 aromatic rings. The minimum absolute atomic E-state index is 0.0127. The number of hydrogen-bond acceptors (Lipinski definition) is 7. The van der Waals surface area contributed by atoms with E-state index < -0.39 is 5.97 Å². The number of imidazole rings is 1. The van der Waals surface area contributed by atoms with E-state index >= 15 is 0 Å². The fourth-order valence-corrected chi connectivity index (χ4v) is 3.38. The molecule has 0 amide bonds. The number of esters is 1. The molecule has 0 saturated carbocycles. The number of nitrogens with zero attached hydrogens (tertiary/aromatic N) is 3. The van der Waals surface area contributed by atoms with Crippen molar-refractivity contribution < 1.29 is 14.6 Å². The molecule has 3 rings (SSSR count).